The molecule has 0 unspecified atom stereocenters. The minimum Gasteiger partial charge on any atom is -0.481 e. The molecule has 0 aromatic heterocycles. The number of rotatable bonds is 4. The van der Waals surface area contributed by atoms with Gasteiger partial charge in [-0.1, -0.05) is 6.92 Å². The van der Waals surface area contributed by atoms with Gasteiger partial charge in [-0.2, -0.15) is 5.26 Å². The standard InChI is InChI=1S/C12H11F2NO2/c1-2-7-3-8(6-15)9(5-11(16)17)10(4-7)12(13)14/h3-4,12H,2,5H2,1H3,(H,16,17). The summed E-state index contributed by atoms with van der Waals surface area (Å²) in [5.74, 6) is -1.23. The zero-order valence-electron chi connectivity index (χ0n) is 9.20. The van der Waals surface area contributed by atoms with E-state index in [9.17, 15) is 13.6 Å². The van der Waals surface area contributed by atoms with E-state index in [1.807, 2.05) is 0 Å². The van der Waals surface area contributed by atoms with Crippen LogP contribution in [0.1, 0.15) is 35.6 Å². The van der Waals surface area contributed by atoms with Gasteiger partial charge < -0.3 is 5.11 Å². The summed E-state index contributed by atoms with van der Waals surface area (Å²) in [6, 6.07) is 4.50. The van der Waals surface area contributed by atoms with E-state index in [-0.39, 0.29) is 16.7 Å². The summed E-state index contributed by atoms with van der Waals surface area (Å²) in [6.07, 6.45) is -2.82. The van der Waals surface area contributed by atoms with Crippen LogP contribution in [0.15, 0.2) is 12.1 Å². The maximum atomic E-state index is 12.8. The molecule has 5 heteroatoms. The van der Waals surface area contributed by atoms with Crippen molar-refractivity contribution >= 4 is 5.97 Å². The number of hydrogen-bond donors (Lipinski definition) is 1. The number of aliphatic carboxylic acids is 1. The van der Waals surface area contributed by atoms with Crippen molar-refractivity contribution in [3.63, 3.8) is 0 Å². The van der Waals surface area contributed by atoms with Crippen LogP contribution >= 0.6 is 0 Å². The minimum absolute atomic E-state index is 0.0158. The Morgan fingerprint density at radius 3 is 2.59 bits per heavy atom. The van der Waals surface area contributed by atoms with E-state index in [4.69, 9.17) is 10.4 Å². The van der Waals surface area contributed by atoms with Crippen molar-refractivity contribution in [3.8, 4) is 6.07 Å². The highest BCUT2D eigenvalue weighted by molar-refractivity contribution is 5.72. The predicted octanol–water partition coefficient (Wildman–Crippen LogP) is 2.69. The fourth-order valence-electron chi connectivity index (χ4n) is 1.60. The summed E-state index contributed by atoms with van der Waals surface area (Å²) in [7, 11) is 0. The van der Waals surface area contributed by atoms with Crippen LogP contribution in [0.25, 0.3) is 0 Å². The molecule has 1 aromatic rings. The van der Waals surface area contributed by atoms with Crippen molar-refractivity contribution in [1.29, 1.82) is 5.26 Å². The molecule has 0 radical (unpaired) electrons. The van der Waals surface area contributed by atoms with Gasteiger partial charge in [-0.15, -0.1) is 0 Å². The molecule has 0 fully saturated rings. The van der Waals surface area contributed by atoms with Gasteiger partial charge in [-0.25, -0.2) is 8.78 Å². The molecule has 0 aliphatic carbocycles. The third-order valence-corrected chi connectivity index (χ3v) is 2.44. The second kappa shape index (κ2) is 5.39. The summed E-state index contributed by atoms with van der Waals surface area (Å²) in [5.41, 5.74) is 0.170. The van der Waals surface area contributed by atoms with Crippen molar-refractivity contribution in [2.45, 2.75) is 26.2 Å². The van der Waals surface area contributed by atoms with Crippen molar-refractivity contribution in [3.05, 3.63) is 34.4 Å². The first-order valence-corrected chi connectivity index (χ1v) is 5.05. The molecule has 0 saturated heterocycles. The molecule has 17 heavy (non-hydrogen) atoms. The molecule has 90 valence electrons. The van der Waals surface area contributed by atoms with Crippen LogP contribution in [0.3, 0.4) is 0 Å². The van der Waals surface area contributed by atoms with Gasteiger partial charge in [0.05, 0.1) is 18.1 Å². The predicted molar refractivity (Wildman–Crippen MR) is 56.8 cm³/mol. The zero-order chi connectivity index (χ0) is 13.0. The number of benzene rings is 1. The van der Waals surface area contributed by atoms with Crippen LogP contribution in [0, 0.1) is 11.3 Å². The number of alkyl halides is 2. The minimum atomic E-state index is -2.78. The molecule has 0 spiro atoms. The number of carbonyl (C=O) groups is 1. The zero-order valence-corrected chi connectivity index (χ0v) is 9.20. The number of halogens is 2. The van der Waals surface area contributed by atoms with Crippen LogP contribution in [0.2, 0.25) is 0 Å². The molecule has 0 aliphatic rings. The number of nitrogens with zero attached hydrogens (tertiary/aromatic N) is 1. The molecule has 1 aromatic carbocycles. The van der Waals surface area contributed by atoms with Crippen LogP contribution in [0.4, 0.5) is 8.78 Å². The normalized spacial score (nSPS) is 10.3. The van der Waals surface area contributed by atoms with Gasteiger partial charge in [0.15, 0.2) is 0 Å². The summed E-state index contributed by atoms with van der Waals surface area (Å²) < 4.78 is 25.6. The van der Waals surface area contributed by atoms with Crippen LogP contribution in [-0.2, 0) is 17.6 Å². The Bertz CT molecular complexity index is 478. The van der Waals surface area contributed by atoms with E-state index >= 15 is 0 Å². The molecular formula is C12H11F2NO2. The average molecular weight is 239 g/mol. The maximum absolute atomic E-state index is 12.8. The lowest BCUT2D eigenvalue weighted by atomic mass is 9.95. The second-order valence-corrected chi connectivity index (χ2v) is 3.55. The van der Waals surface area contributed by atoms with Gasteiger partial charge >= 0.3 is 5.97 Å². The van der Waals surface area contributed by atoms with Gasteiger partial charge in [-0.05, 0) is 29.7 Å². The average Bonchev–Trinajstić information content (AvgIpc) is 2.28. The van der Waals surface area contributed by atoms with Crippen LogP contribution < -0.4 is 0 Å². The SMILES string of the molecule is CCc1cc(C#N)c(CC(=O)O)c(C(F)F)c1. The van der Waals surface area contributed by atoms with E-state index in [1.165, 1.54) is 12.1 Å². The largest absolute Gasteiger partial charge is 0.481 e. The molecule has 0 heterocycles. The Labute approximate surface area is 97.3 Å². The lowest BCUT2D eigenvalue weighted by Crippen LogP contribution is -2.07. The monoisotopic (exact) mass is 239 g/mol. The smallest absolute Gasteiger partial charge is 0.307 e. The Hall–Kier alpha value is -1.96. The summed E-state index contributed by atoms with van der Waals surface area (Å²) in [4.78, 5) is 10.6. The first kappa shape index (κ1) is 13.1. The van der Waals surface area contributed by atoms with E-state index in [1.54, 1.807) is 13.0 Å². The molecule has 0 atom stereocenters. The lowest BCUT2D eigenvalue weighted by Gasteiger charge is -2.11. The fraction of sp³-hybridized carbons (Fsp3) is 0.333. The Balaban J connectivity index is 3.42. The fourth-order valence-corrected chi connectivity index (χ4v) is 1.60. The van der Waals surface area contributed by atoms with Gasteiger partial charge in [-0.3, -0.25) is 4.79 Å². The Kier molecular flexibility index (Phi) is 4.16. The highest BCUT2D eigenvalue weighted by atomic mass is 19.3. The maximum Gasteiger partial charge on any atom is 0.307 e. The number of aryl methyl sites for hydroxylation is 1. The quantitative estimate of drug-likeness (QED) is 0.878. The molecule has 3 nitrogen and oxygen atoms in total. The highest BCUT2D eigenvalue weighted by Gasteiger charge is 2.19. The molecule has 0 aliphatic heterocycles. The Morgan fingerprint density at radius 2 is 2.18 bits per heavy atom. The molecule has 0 amide bonds. The van der Waals surface area contributed by atoms with Crippen molar-refractivity contribution < 1.29 is 18.7 Å². The second-order valence-electron chi connectivity index (χ2n) is 3.55. The first-order valence-electron chi connectivity index (χ1n) is 5.05. The topological polar surface area (TPSA) is 61.1 Å². The number of hydrogen-bond acceptors (Lipinski definition) is 2. The third kappa shape index (κ3) is 3.00. The number of carboxylic acid groups (broad SMARTS) is 1. The summed E-state index contributed by atoms with van der Waals surface area (Å²) >= 11 is 0. The van der Waals surface area contributed by atoms with Gasteiger partial charge in [0.2, 0.25) is 0 Å². The van der Waals surface area contributed by atoms with Crippen molar-refractivity contribution in [2.24, 2.45) is 0 Å². The van der Waals surface area contributed by atoms with Crippen LogP contribution in [-0.4, -0.2) is 11.1 Å². The van der Waals surface area contributed by atoms with Gasteiger partial charge in [0.1, 0.15) is 0 Å². The first-order chi connectivity index (χ1) is 7.99. The number of nitriles is 1. The van der Waals surface area contributed by atoms with Crippen molar-refractivity contribution in [1.82, 2.24) is 0 Å². The van der Waals surface area contributed by atoms with Crippen molar-refractivity contribution in [2.75, 3.05) is 0 Å². The van der Waals surface area contributed by atoms with E-state index in [2.05, 4.69) is 0 Å². The molecule has 0 saturated carbocycles. The molecule has 0 bridgehead atoms. The summed E-state index contributed by atoms with van der Waals surface area (Å²) in [6.45, 7) is 1.78. The molecular weight excluding hydrogens is 228 g/mol. The van der Waals surface area contributed by atoms with Crippen LogP contribution in [0.5, 0.6) is 0 Å². The molecule has 1 N–H and O–H groups in total. The van der Waals surface area contributed by atoms with Gasteiger partial charge in [0.25, 0.3) is 6.43 Å². The van der Waals surface area contributed by atoms with Gasteiger partial charge in [0, 0.05) is 5.56 Å². The van der Waals surface area contributed by atoms with E-state index < -0.39 is 18.8 Å². The Morgan fingerprint density at radius 1 is 1.53 bits per heavy atom. The lowest BCUT2D eigenvalue weighted by molar-refractivity contribution is -0.136. The summed E-state index contributed by atoms with van der Waals surface area (Å²) in [5, 5.41) is 17.5. The van der Waals surface area contributed by atoms with E-state index in [0.29, 0.717) is 12.0 Å². The third-order valence-electron chi connectivity index (χ3n) is 2.44. The number of carboxylic acids is 1. The van der Waals surface area contributed by atoms with E-state index in [0.717, 1.165) is 0 Å². The highest BCUT2D eigenvalue weighted by Crippen LogP contribution is 2.27. The molecule has 1 rings (SSSR count).